The average Bonchev–Trinajstić information content (AvgIpc) is 2.25. The van der Waals surface area contributed by atoms with E-state index in [-0.39, 0.29) is 18.0 Å². The molecule has 18 heavy (non-hydrogen) atoms. The molecule has 0 radical (unpaired) electrons. The zero-order chi connectivity index (χ0) is 13.8. The first-order valence-electron chi connectivity index (χ1n) is 4.94. The summed E-state index contributed by atoms with van der Waals surface area (Å²) in [6.07, 6.45) is 0. The molecule has 0 saturated carbocycles. The fourth-order valence-electron chi connectivity index (χ4n) is 1.10. The molecular formula is C9H12NO6PS. The Hall–Kier alpha value is -1.05. The van der Waals surface area contributed by atoms with E-state index in [4.69, 9.17) is 4.52 Å². The van der Waals surface area contributed by atoms with E-state index in [1.54, 1.807) is 19.9 Å². The maximum absolute atomic E-state index is 10.8. The first kappa shape index (κ1) is 15.0. The molecule has 0 aliphatic carbocycles. The molecule has 0 amide bonds. The van der Waals surface area contributed by atoms with Crippen molar-refractivity contribution in [1.82, 2.24) is 0 Å². The minimum absolute atomic E-state index is 0.148. The molecule has 7 nitrogen and oxygen atoms in total. The Morgan fingerprint density at radius 3 is 2.78 bits per heavy atom. The van der Waals surface area contributed by atoms with Crippen molar-refractivity contribution in [2.45, 2.75) is 13.8 Å². The summed E-state index contributed by atoms with van der Waals surface area (Å²) < 4.78 is 9.46. The van der Waals surface area contributed by atoms with Crippen molar-refractivity contribution in [1.29, 1.82) is 0 Å². The second-order valence-corrected chi connectivity index (χ2v) is 5.92. The standard InChI is InChI=1S/C9H12NO6PS/c1-3-14-16-17(13,18)15-9-6-7(2)4-5-8(9)10(11)12/h4-6H,3H2,1-2H3,(H,13,18). The van der Waals surface area contributed by atoms with Crippen LogP contribution in [0.2, 0.25) is 0 Å². The Morgan fingerprint density at radius 2 is 2.22 bits per heavy atom. The lowest BCUT2D eigenvalue weighted by atomic mass is 10.2. The number of rotatable bonds is 6. The molecule has 0 saturated heterocycles. The van der Waals surface area contributed by atoms with Crippen molar-refractivity contribution >= 4 is 24.2 Å². The fraction of sp³-hybridized carbons (Fsp3) is 0.333. The molecular weight excluding hydrogens is 281 g/mol. The molecule has 1 aromatic rings. The number of nitrogens with zero attached hydrogens (tertiary/aromatic N) is 1. The monoisotopic (exact) mass is 293 g/mol. The Balaban J connectivity index is 2.98. The molecule has 0 spiro atoms. The molecule has 0 heterocycles. The molecule has 1 N–H and O–H groups in total. The first-order valence-corrected chi connectivity index (χ1v) is 7.53. The summed E-state index contributed by atoms with van der Waals surface area (Å²) in [5.41, 5.74) is 0.422. The molecule has 0 bridgehead atoms. The highest BCUT2D eigenvalue weighted by Crippen LogP contribution is 2.47. The number of nitro groups is 1. The van der Waals surface area contributed by atoms with Gasteiger partial charge in [-0.1, -0.05) is 6.07 Å². The van der Waals surface area contributed by atoms with Crippen LogP contribution >= 0.6 is 6.72 Å². The summed E-state index contributed by atoms with van der Waals surface area (Å²) in [7, 11) is 0. The van der Waals surface area contributed by atoms with Gasteiger partial charge in [-0.2, -0.15) is 0 Å². The van der Waals surface area contributed by atoms with Crippen LogP contribution in [0.1, 0.15) is 12.5 Å². The van der Waals surface area contributed by atoms with Gasteiger partial charge in [0.05, 0.1) is 11.5 Å². The maximum Gasteiger partial charge on any atom is 0.406 e. The minimum Gasteiger partial charge on any atom is -0.415 e. The van der Waals surface area contributed by atoms with Gasteiger partial charge < -0.3 is 9.42 Å². The van der Waals surface area contributed by atoms with Crippen LogP contribution in [-0.4, -0.2) is 16.4 Å². The predicted octanol–water partition coefficient (Wildman–Crippen LogP) is 2.47. The number of aryl methyl sites for hydroxylation is 1. The normalized spacial score (nSPS) is 13.9. The van der Waals surface area contributed by atoms with Crippen LogP contribution in [0.15, 0.2) is 18.2 Å². The van der Waals surface area contributed by atoms with E-state index in [0.29, 0.717) is 0 Å². The number of nitro benzene ring substituents is 1. The van der Waals surface area contributed by atoms with E-state index in [0.717, 1.165) is 5.56 Å². The van der Waals surface area contributed by atoms with Crippen molar-refractivity contribution in [2.75, 3.05) is 6.61 Å². The number of hydrogen-bond donors (Lipinski definition) is 1. The first-order chi connectivity index (χ1) is 8.35. The molecule has 0 aliphatic heterocycles. The van der Waals surface area contributed by atoms with Crippen molar-refractivity contribution in [3.8, 4) is 5.75 Å². The Labute approximate surface area is 109 Å². The van der Waals surface area contributed by atoms with Crippen LogP contribution in [0.5, 0.6) is 5.75 Å². The molecule has 100 valence electrons. The van der Waals surface area contributed by atoms with Gasteiger partial charge in [0.2, 0.25) is 5.75 Å². The van der Waals surface area contributed by atoms with E-state index in [2.05, 4.69) is 21.4 Å². The van der Waals surface area contributed by atoms with Crippen LogP contribution in [0.25, 0.3) is 0 Å². The molecule has 9 heteroatoms. The predicted molar refractivity (Wildman–Crippen MR) is 67.7 cm³/mol. The summed E-state index contributed by atoms with van der Waals surface area (Å²) in [4.78, 5) is 24.3. The largest absolute Gasteiger partial charge is 0.415 e. The lowest BCUT2D eigenvalue weighted by Crippen LogP contribution is -2.01. The van der Waals surface area contributed by atoms with Gasteiger partial charge in [-0.25, -0.2) is 4.89 Å². The summed E-state index contributed by atoms with van der Waals surface area (Å²) in [6, 6.07) is 4.21. The van der Waals surface area contributed by atoms with Gasteiger partial charge in [0, 0.05) is 17.9 Å². The minimum atomic E-state index is -3.71. The Bertz CT molecular complexity index is 494. The summed E-state index contributed by atoms with van der Waals surface area (Å²) in [5, 5.41) is 10.8. The van der Waals surface area contributed by atoms with Crippen LogP contribution < -0.4 is 4.52 Å². The fourth-order valence-corrected chi connectivity index (χ4v) is 2.14. The molecule has 0 fully saturated rings. The molecule has 0 aliphatic rings. The van der Waals surface area contributed by atoms with Gasteiger partial charge in [0.25, 0.3) is 0 Å². The zero-order valence-electron chi connectivity index (χ0n) is 9.73. The zero-order valence-corrected chi connectivity index (χ0v) is 11.4. The smallest absolute Gasteiger partial charge is 0.406 e. The van der Waals surface area contributed by atoms with Gasteiger partial charge in [0.1, 0.15) is 0 Å². The van der Waals surface area contributed by atoms with Crippen molar-refractivity contribution in [3.05, 3.63) is 33.9 Å². The van der Waals surface area contributed by atoms with Gasteiger partial charge in [-0.05, 0) is 25.5 Å². The van der Waals surface area contributed by atoms with E-state index >= 15 is 0 Å². The van der Waals surface area contributed by atoms with Crippen LogP contribution in [0.4, 0.5) is 5.69 Å². The molecule has 1 unspecified atom stereocenters. The van der Waals surface area contributed by atoms with Crippen molar-refractivity contribution in [3.63, 3.8) is 0 Å². The summed E-state index contributed by atoms with van der Waals surface area (Å²) >= 11 is 4.65. The average molecular weight is 293 g/mol. The third-order valence-electron chi connectivity index (χ3n) is 1.79. The van der Waals surface area contributed by atoms with Gasteiger partial charge >= 0.3 is 12.4 Å². The summed E-state index contributed by atoms with van der Waals surface area (Å²) in [5.74, 6) is -0.148. The van der Waals surface area contributed by atoms with E-state index in [1.807, 2.05) is 0 Å². The highest BCUT2D eigenvalue weighted by molar-refractivity contribution is 8.07. The lowest BCUT2D eigenvalue weighted by molar-refractivity contribution is -0.385. The Morgan fingerprint density at radius 1 is 1.56 bits per heavy atom. The van der Waals surface area contributed by atoms with Crippen LogP contribution in [0.3, 0.4) is 0 Å². The molecule has 1 aromatic carbocycles. The Kier molecular flexibility index (Phi) is 5.18. The van der Waals surface area contributed by atoms with E-state index < -0.39 is 11.6 Å². The van der Waals surface area contributed by atoms with Gasteiger partial charge in [0.15, 0.2) is 0 Å². The molecule has 1 atom stereocenters. The quantitative estimate of drug-likeness (QED) is 0.373. The van der Waals surface area contributed by atoms with E-state index in [1.165, 1.54) is 12.1 Å². The highest BCUT2D eigenvalue weighted by atomic mass is 32.5. The maximum atomic E-state index is 10.8. The second kappa shape index (κ2) is 6.21. The number of benzene rings is 1. The van der Waals surface area contributed by atoms with Crippen molar-refractivity contribution in [2.24, 2.45) is 0 Å². The van der Waals surface area contributed by atoms with Gasteiger partial charge in [-0.15, -0.1) is 4.67 Å². The summed E-state index contributed by atoms with van der Waals surface area (Å²) in [6.45, 7) is -0.193. The second-order valence-electron chi connectivity index (χ2n) is 3.27. The SMILES string of the molecule is CCOOP(O)(=S)Oc1cc(C)ccc1[N+](=O)[O-]. The van der Waals surface area contributed by atoms with Gasteiger partial charge in [-0.3, -0.25) is 10.1 Å². The third-order valence-corrected chi connectivity index (χ3v) is 2.92. The van der Waals surface area contributed by atoms with Crippen LogP contribution in [-0.2, 0) is 21.4 Å². The van der Waals surface area contributed by atoms with E-state index in [9.17, 15) is 15.0 Å². The number of hydrogen-bond acceptors (Lipinski definition) is 6. The molecule has 0 aromatic heterocycles. The highest BCUT2D eigenvalue weighted by Gasteiger charge is 2.24. The molecule has 1 rings (SSSR count). The third kappa shape index (κ3) is 4.32. The van der Waals surface area contributed by atoms with Crippen LogP contribution in [0, 0.1) is 17.0 Å². The van der Waals surface area contributed by atoms with Crippen molar-refractivity contribution < 1.29 is 23.9 Å². The lowest BCUT2D eigenvalue weighted by Gasteiger charge is -2.15. The topological polar surface area (TPSA) is 91.1 Å².